The van der Waals surface area contributed by atoms with Gasteiger partial charge in [-0.15, -0.1) is 5.10 Å². The van der Waals surface area contributed by atoms with Gasteiger partial charge in [-0.25, -0.2) is 0 Å². The van der Waals surface area contributed by atoms with E-state index in [0.29, 0.717) is 19.5 Å². The second kappa shape index (κ2) is 7.19. The first-order valence-corrected chi connectivity index (χ1v) is 7.85. The van der Waals surface area contributed by atoms with Gasteiger partial charge in [0.1, 0.15) is 0 Å². The fraction of sp³-hybridized carbons (Fsp3) is 0.353. The molecule has 1 fully saturated rings. The zero-order chi connectivity index (χ0) is 16.1. The van der Waals surface area contributed by atoms with Crippen molar-refractivity contribution >= 4 is 11.7 Å². The highest BCUT2D eigenvalue weighted by Gasteiger charge is 2.23. The number of hydrogen-bond acceptors (Lipinski definition) is 5. The highest BCUT2D eigenvalue weighted by molar-refractivity contribution is 5.77. The lowest BCUT2D eigenvalue weighted by atomic mass is 10.0. The largest absolute Gasteiger partial charge is 0.352 e. The smallest absolute Gasteiger partial charge is 0.224 e. The van der Waals surface area contributed by atoms with Crippen LogP contribution in [0.5, 0.6) is 0 Å². The molecule has 1 amide bonds. The maximum atomic E-state index is 12.4. The zero-order valence-electron chi connectivity index (χ0n) is 13.0. The molecular weight excluding hydrogens is 290 g/mol. The van der Waals surface area contributed by atoms with Crippen molar-refractivity contribution in [3.8, 4) is 0 Å². The molecule has 0 saturated carbocycles. The maximum absolute atomic E-state index is 12.4. The van der Waals surface area contributed by atoms with Crippen molar-refractivity contribution in [2.45, 2.75) is 12.5 Å². The molecule has 6 heteroatoms. The Morgan fingerprint density at radius 1 is 1.09 bits per heavy atom. The van der Waals surface area contributed by atoms with Crippen LogP contribution in [0.3, 0.4) is 0 Å². The Kier molecular flexibility index (Phi) is 4.83. The Morgan fingerprint density at radius 3 is 2.48 bits per heavy atom. The van der Waals surface area contributed by atoms with E-state index in [-0.39, 0.29) is 11.9 Å². The molecule has 1 aliphatic rings. The molecule has 0 aliphatic carbocycles. The first-order valence-electron chi connectivity index (χ1n) is 7.85. The molecule has 23 heavy (non-hydrogen) atoms. The molecule has 2 aromatic rings. The minimum atomic E-state index is -0.248. The molecule has 1 aromatic carbocycles. The Bertz CT molecular complexity index is 626. The third-order valence-electron chi connectivity index (χ3n) is 4.14. The monoisotopic (exact) mass is 311 g/mol. The van der Waals surface area contributed by atoms with Crippen molar-refractivity contribution in [1.82, 2.24) is 15.1 Å². The standard InChI is InChI=1S/C17H21N5O/c18-15(14-5-2-1-3-6-14)13-17(23)22-11-9-21(10-12-22)16-7-4-8-19-20-16/h1-8,15H,9-13,18H2. The molecule has 1 saturated heterocycles. The van der Waals surface area contributed by atoms with Crippen LogP contribution in [0, 0.1) is 0 Å². The first kappa shape index (κ1) is 15.4. The van der Waals surface area contributed by atoms with Crippen molar-refractivity contribution in [3.63, 3.8) is 0 Å². The summed E-state index contributed by atoms with van der Waals surface area (Å²) in [5, 5.41) is 8.01. The van der Waals surface area contributed by atoms with Crippen LogP contribution >= 0.6 is 0 Å². The molecule has 0 radical (unpaired) electrons. The molecule has 120 valence electrons. The van der Waals surface area contributed by atoms with Crippen molar-refractivity contribution in [1.29, 1.82) is 0 Å². The van der Waals surface area contributed by atoms with Crippen molar-refractivity contribution in [3.05, 3.63) is 54.2 Å². The summed E-state index contributed by atoms with van der Waals surface area (Å²) in [6.45, 7) is 2.92. The molecule has 0 bridgehead atoms. The molecule has 2 heterocycles. The summed E-state index contributed by atoms with van der Waals surface area (Å²) in [5.41, 5.74) is 7.14. The number of hydrogen-bond donors (Lipinski definition) is 1. The summed E-state index contributed by atoms with van der Waals surface area (Å²) < 4.78 is 0. The van der Waals surface area contributed by atoms with Crippen LogP contribution in [-0.4, -0.2) is 47.2 Å². The summed E-state index contributed by atoms with van der Waals surface area (Å²) in [4.78, 5) is 16.5. The minimum absolute atomic E-state index is 0.111. The van der Waals surface area contributed by atoms with Crippen LogP contribution in [0.4, 0.5) is 5.82 Å². The van der Waals surface area contributed by atoms with E-state index in [2.05, 4.69) is 15.1 Å². The predicted octanol–water partition coefficient (Wildman–Crippen LogP) is 1.22. The van der Waals surface area contributed by atoms with Gasteiger partial charge in [-0.1, -0.05) is 30.3 Å². The van der Waals surface area contributed by atoms with E-state index in [1.165, 1.54) is 0 Å². The van der Waals surface area contributed by atoms with Gasteiger partial charge in [-0.3, -0.25) is 4.79 Å². The SMILES string of the molecule is NC(CC(=O)N1CCN(c2cccnn2)CC1)c1ccccc1. The second-order valence-corrected chi connectivity index (χ2v) is 5.67. The second-order valence-electron chi connectivity index (χ2n) is 5.67. The number of aromatic nitrogens is 2. The van der Waals surface area contributed by atoms with Crippen molar-refractivity contribution in [2.24, 2.45) is 5.73 Å². The topological polar surface area (TPSA) is 75.4 Å². The first-order chi connectivity index (χ1) is 11.2. The molecule has 1 unspecified atom stereocenters. The minimum Gasteiger partial charge on any atom is -0.352 e. The van der Waals surface area contributed by atoms with Crippen LogP contribution in [0.25, 0.3) is 0 Å². The van der Waals surface area contributed by atoms with Gasteiger partial charge in [0.15, 0.2) is 5.82 Å². The molecule has 1 atom stereocenters. The van der Waals surface area contributed by atoms with E-state index in [4.69, 9.17) is 5.73 Å². The fourth-order valence-electron chi connectivity index (χ4n) is 2.78. The summed E-state index contributed by atoms with van der Waals surface area (Å²) in [7, 11) is 0. The molecule has 6 nitrogen and oxygen atoms in total. The fourth-order valence-corrected chi connectivity index (χ4v) is 2.78. The summed E-state index contributed by atoms with van der Waals surface area (Å²) in [6, 6.07) is 13.3. The van der Waals surface area contributed by atoms with E-state index >= 15 is 0 Å². The molecular formula is C17H21N5O. The average molecular weight is 311 g/mol. The summed E-state index contributed by atoms with van der Waals surface area (Å²) >= 11 is 0. The van der Waals surface area contributed by atoms with Gasteiger partial charge in [0.05, 0.1) is 0 Å². The number of amides is 1. The number of rotatable bonds is 4. The molecule has 1 aliphatic heterocycles. The number of piperazine rings is 1. The van der Waals surface area contributed by atoms with Gasteiger partial charge in [0, 0.05) is 44.8 Å². The maximum Gasteiger partial charge on any atom is 0.224 e. The van der Waals surface area contributed by atoms with E-state index in [1.54, 1.807) is 6.20 Å². The normalized spacial score (nSPS) is 16.2. The predicted molar refractivity (Wildman–Crippen MR) is 88.8 cm³/mol. The van der Waals surface area contributed by atoms with Crippen LogP contribution in [0.1, 0.15) is 18.0 Å². The third kappa shape index (κ3) is 3.84. The average Bonchev–Trinajstić information content (AvgIpc) is 2.63. The lowest BCUT2D eigenvalue weighted by Crippen LogP contribution is -2.49. The Labute approximate surface area is 135 Å². The molecule has 3 rings (SSSR count). The van der Waals surface area contributed by atoms with Gasteiger partial charge < -0.3 is 15.5 Å². The van der Waals surface area contributed by atoms with E-state index in [1.807, 2.05) is 47.4 Å². The van der Waals surface area contributed by atoms with E-state index < -0.39 is 0 Å². The molecule has 0 spiro atoms. The molecule has 1 aromatic heterocycles. The third-order valence-corrected chi connectivity index (χ3v) is 4.14. The van der Waals surface area contributed by atoms with Gasteiger partial charge in [0.25, 0.3) is 0 Å². The van der Waals surface area contributed by atoms with E-state index in [9.17, 15) is 4.79 Å². The Balaban J connectivity index is 1.52. The van der Waals surface area contributed by atoms with Gasteiger partial charge in [-0.05, 0) is 17.7 Å². The zero-order valence-corrected chi connectivity index (χ0v) is 13.0. The molecule has 2 N–H and O–H groups in total. The summed E-state index contributed by atoms with van der Waals surface area (Å²) in [5.74, 6) is 0.973. The number of benzene rings is 1. The number of anilines is 1. The number of carbonyl (C=O) groups is 1. The highest BCUT2D eigenvalue weighted by Crippen LogP contribution is 2.17. The van der Waals surface area contributed by atoms with Crippen molar-refractivity contribution in [2.75, 3.05) is 31.1 Å². The number of carbonyl (C=O) groups excluding carboxylic acids is 1. The lowest BCUT2D eigenvalue weighted by Gasteiger charge is -2.35. The van der Waals surface area contributed by atoms with Crippen LogP contribution in [0.15, 0.2) is 48.7 Å². The van der Waals surface area contributed by atoms with Gasteiger partial charge >= 0.3 is 0 Å². The number of nitrogens with two attached hydrogens (primary N) is 1. The highest BCUT2D eigenvalue weighted by atomic mass is 16.2. The van der Waals surface area contributed by atoms with Crippen LogP contribution in [-0.2, 0) is 4.79 Å². The Hall–Kier alpha value is -2.47. The lowest BCUT2D eigenvalue weighted by molar-refractivity contribution is -0.131. The van der Waals surface area contributed by atoms with Crippen LogP contribution in [0.2, 0.25) is 0 Å². The van der Waals surface area contributed by atoms with E-state index in [0.717, 1.165) is 24.5 Å². The Morgan fingerprint density at radius 2 is 1.83 bits per heavy atom. The van der Waals surface area contributed by atoms with Gasteiger partial charge in [-0.2, -0.15) is 5.10 Å². The van der Waals surface area contributed by atoms with Crippen LogP contribution < -0.4 is 10.6 Å². The number of nitrogens with zero attached hydrogens (tertiary/aromatic N) is 4. The van der Waals surface area contributed by atoms with Crippen molar-refractivity contribution < 1.29 is 4.79 Å². The quantitative estimate of drug-likeness (QED) is 0.919. The summed E-state index contributed by atoms with van der Waals surface area (Å²) in [6.07, 6.45) is 2.00. The van der Waals surface area contributed by atoms with Gasteiger partial charge in [0.2, 0.25) is 5.91 Å².